The molecule has 8 heteroatoms. The van der Waals surface area contributed by atoms with Crippen molar-refractivity contribution in [1.82, 2.24) is 0 Å². The average molecular weight is 429 g/mol. The molecule has 0 bridgehead atoms. The van der Waals surface area contributed by atoms with Crippen LogP contribution in [0.25, 0.3) is 6.08 Å². The fourth-order valence-corrected chi connectivity index (χ4v) is 3.90. The van der Waals surface area contributed by atoms with Crippen molar-refractivity contribution in [2.45, 2.75) is 0 Å². The molecular formula is C21H20N2O4S2. The average Bonchev–Trinajstić information content (AvgIpc) is 3.00. The Labute approximate surface area is 179 Å². The zero-order valence-corrected chi connectivity index (χ0v) is 17.9. The molecule has 2 aromatic rings. The minimum Gasteiger partial charge on any atom is -0.482 e. The van der Waals surface area contributed by atoms with Crippen LogP contribution < -0.4 is 14.5 Å². The van der Waals surface area contributed by atoms with E-state index in [1.54, 1.807) is 23.1 Å². The Balaban J connectivity index is 1.73. The summed E-state index contributed by atoms with van der Waals surface area (Å²) in [4.78, 5) is 28.1. The van der Waals surface area contributed by atoms with Crippen molar-refractivity contribution in [3.8, 4) is 5.75 Å². The first-order valence-corrected chi connectivity index (χ1v) is 9.96. The van der Waals surface area contributed by atoms with Gasteiger partial charge in [-0.15, -0.1) is 0 Å². The maximum atomic E-state index is 12.9. The van der Waals surface area contributed by atoms with Crippen LogP contribution in [0.1, 0.15) is 5.56 Å². The Morgan fingerprint density at radius 2 is 1.79 bits per heavy atom. The van der Waals surface area contributed by atoms with E-state index in [2.05, 4.69) is 4.74 Å². The van der Waals surface area contributed by atoms with Gasteiger partial charge in [0.2, 0.25) is 0 Å². The monoisotopic (exact) mass is 428 g/mol. The van der Waals surface area contributed by atoms with Crippen molar-refractivity contribution < 1.29 is 19.1 Å². The summed E-state index contributed by atoms with van der Waals surface area (Å²) in [6.07, 6.45) is 1.79. The standard InChI is InChI=1S/C21H20N2O4S2/c1-22(2)15-6-8-16(9-7-15)23-20(25)18(29-21(23)28)12-14-4-10-17(11-5-14)27-13-19(24)26-3/h4-12H,13H2,1-3H3. The van der Waals surface area contributed by atoms with E-state index >= 15 is 0 Å². The second kappa shape index (κ2) is 9.11. The number of methoxy groups -OCH3 is 1. The van der Waals surface area contributed by atoms with Crippen LogP contribution in [0.4, 0.5) is 11.4 Å². The zero-order valence-electron chi connectivity index (χ0n) is 16.2. The first-order chi connectivity index (χ1) is 13.9. The van der Waals surface area contributed by atoms with Gasteiger partial charge in [0, 0.05) is 19.8 Å². The molecule has 0 saturated carbocycles. The second-order valence-corrected chi connectivity index (χ2v) is 8.04. The molecule has 150 valence electrons. The minimum atomic E-state index is -0.448. The molecule has 1 aliphatic heterocycles. The number of amides is 1. The van der Waals surface area contributed by atoms with E-state index in [9.17, 15) is 9.59 Å². The Morgan fingerprint density at radius 1 is 1.14 bits per heavy atom. The number of hydrogen-bond donors (Lipinski definition) is 0. The number of carbonyl (C=O) groups is 2. The van der Waals surface area contributed by atoms with E-state index in [1.165, 1.54) is 18.9 Å². The molecule has 0 unspecified atom stereocenters. The number of hydrogen-bond acceptors (Lipinski definition) is 7. The number of benzene rings is 2. The Kier molecular flexibility index (Phi) is 6.56. The normalized spacial score (nSPS) is 15.0. The lowest BCUT2D eigenvalue weighted by molar-refractivity contribution is -0.142. The molecule has 1 aliphatic rings. The van der Waals surface area contributed by atoms with Crippen molar-refractivity contribution in [1.29, 1.82) is 0 Å². The van der Waals surface area contributed by atoms with E-state index in [4.69, 9.17) is 17.0 Å². The summed E-state index contributed by atoms with van der Waals surface area (Å²) < 4.78 is 10.4. The SMILES string of the molecule is COC(=O)COc1ccc(C=C2SC(=S)N(c3ccc(N(C)C)cc3)C2=O)cc1. The molecule has 1 fully saturated rings. The Hall–Kier alpha value is -2.84. The van der Waals surface area contributed by atoms with Crippen LogP contribution in [-0.2, 0) is 14.3 Å². The molecule has 0 aromatic heterocycles. The van der Waals surface area contributed by atoms with Gasteiger partial charge in [0.05, 0.1) is 17.7 Å². The van der Waals surface area contributed by atoms with Crippen molar-refractivity contribution in [3.63, 3.8) is 0 Å². The molecule has 1 saturated heterocycles. The van der Waals surface area contributed by atoms with Gasteiger partial charge in [0.15, 0.2) is 10.9 Å². The number of ether oxygens (including phenoxy) is 2. The maximum absolute atomic E-state index is 12.9. The van der Waals surface area contributed by atoms with Crippen LogP contribution in [0.3, 0.4) is 0 Å². The molecule has 0 spiro atoms. The highest BCUT2D eigenvalue weighted by atomic mass is 32.2. The first kappa shape index (κ1) is 20.9. The van der Waals surface area contributed by atoms with Crippen LogP contribution in [0.5, 0.6) is 5.75 Å². The van der Waals surface area contributed by atoms with Crippen LogP contribution in [0.15, 0.2) is 53.4 Å². The summed E-state index contributed by atoms with van der Waals surface area (Å²) in [5.74, 6) is -0.0546. The van der Waals surface area contributed by atoms with Gasteiger partial charge in [-0.2, -0.15) is 0 Å². The second-order valence-electron chi connectivity index (χ2n) is 6.36. The number of rotatable bonds is 6. The van der Waals surface area contributed by atoms with Crippen LogP contribution in [0, 0.1) is 0 Å². The van der Waals surface area contributed by atoms with E-state index in [0.717, 1.165) is 16.9 Å². The molecule has 3 rings (SSSR count). The zero-order chi connectivity index (χ0) is 21.0. The highest BCUT2D eigenvalue weighted by molar-refractivity contribution is 8.27. The number of thiocarbonyl (C=S) groups is 1. The smallest absolute Gasteiger partial charge is 0.343 e. The van der Waals surface area contributed by atoms with Gasteiger partial charge < -0.3 is 14.4 Å². The maximum Gasteiger partial charge on any atom is 0.343 e. The third-order valence-corrected chi connectivity index (χ3v) is 5.48. The predicted molar refractivity (Wildman–Crippen MR) is 120 cm³/mol. The van der Waals surface area contributed by atoms with Crippen molar-refractivity contribution in [2.24, 2.45) is 0 Å². The molecule has 0 aliphatic carbocycles. The third-order valence-electron chi connectivity index (χ3n) is 4.18. The molecule has 0 atom stereocenters. The number of anilines is 2. The van der Waals surface area contributed by atoms with Gasteiger partial charge in [-0.3, -0.25) is 9.69 Å². The topological polar surface area (TPSA) is 59.1 Å². The van der Waals surface area contributed by atoms with Crippen molar-refractivity contribution in [3.05, 3.63) is 59.0 Å². The van der Waals surface area contributed by atoms with E-state index in [-0.39, 0.29) is 12.5 Å². The summed E-state index contributed by atoms with van der Waals surface area (Å²) in [7, 11) is 5.23. The summed E-state index contributed by atoms with van der Waals surface area (Å²) in [5, 5.41) is 0. The fourth-order valence-electron chi connectivity index (χ4n) is 2.60. The van der Waals surface area contributed by atoms with Gasteiger partial charge in [-0.1, -0.05) is 36.1 Å². The minimum absolute atomic E-state index is 0.149. The third kappa shape index (κ3) is 4.96. The van der Waals surface area contributed by atoms with Gasteiger partial charge in [-0.25, -0.2) is 4.79 Å². The largest absolute Gasteiger partial charge is 0.482 e. The van der Waals surface area contributed by atoms with Crippen molar-refractivity contribution >= 4 is 57.6 Å². The number of carbonyl (C=O) groups excluding carboxylic acids is 2. The van der Waals surface area contributed by atoms with Gasteiger partial charge in [-0.05, 0) is 48.0 Å². The van der Waals surface area contributed by atoms with E-state index in [0.29, 0.717) is 15.0 Å². The number of thioether (sulfide) groups is 1. The highest BCUT2D eigenvalue weighted by Gasteiger charge is 2.33. The highest BCUT2D eigenvalue weighted by Crippen LogP contribution is 2.36. The van der Waals surface area contributed by atoms with E-state index < -0.39 is 5.97 Å². The summed E-state index contributed by atoms with van der Waals surface area (Å²) in [5.41, 5.74) is 2.62. The Bertz CT molecular complexity index is 954. The molecule has 1 amide bonds. The number of nitrogens with zero attached hydrogens (tertiary/aromatic N) is 2. The lowest BCUT2D eigenvalue weighted by Gasteiger charge is -2.17. The molecule has 2 aromatic carbocycles. The number of esters is 1. The van der Waals surface area contributed by atoms with Crippen LogP contribution in [0.2, 0.25) is 0 Å². The summed E-state index contributed by atoms with van der Waals surface area (Å²) in [6.45, 7) is -0.152. The molecule has 0 N–H and O–H groups in total. The Morgan fingerprint density at radius 3 is 2.38 bits per heavy atom. The van der Waals surface area contributed by atoms with Gasteiger partial charge >= 0.3 is 5.97 Å². The van der Waals surface area contributed by atoms with Crippen molar-refractivity contribution in [2.75, 3.05) is 37.6 Å². The van der Waals surface area contributed by atoms with Crippen LogP contribution >= 0.6 is 24.0 Å². The van der Waals surface area contributed by atoms with Gasteiger partial charge in [0.1, 0.15) is 5.75 Å². The van der Waals surface area contributed by atoms with E-state index in [1.807, 2.05) is 55.4 Å². The molecule has 29 heavy (non-hydrogen) atoms. The quantitative estimate of drug-likeness (QED) is 0.395. The predicted octanol–water partition coefficient (Wildman–Crippen LogP) is 3.71. The lowest BCUT2D eigenvalue weighted by atomic mass is 10.2. The molecule has 0 radical (unpaired) electrons. The lowest BCUT2D eigenvalue weighted by Crippen LogP contribution is -2.27. The molecule has 6 nitrogen and oxygen atoms in total. The molecular weight excluding hydrogens is 408 g/mol. The summed E-state index contributed by atoms with van der Waals surface area (Å²) in [6, 6.07) is 14.8. The fraction of sp³-hybridized carbons (Fsp3) is 0.190. The molecule has 1 heterocycles. The van der Waals surface area contributed by atoms with Gasteiger partial charge in [0.25, 0.3) is 5.91 Å². The first-order valence-electron chi connectivity index (χ1n) is 8.74. The summed E-state index contributed by atoms with van der Waals surface area (Å²) >= 11 is 6.69. The van der Waals surface area contributed by atoms with Crippen LogP contribution in [-0.4, -0.2) is 44.0 Å².